The Kier molecular flexibility index (Phi) is 6.89. The number of rotatable bonds is 6. The lowest BCUT2D eigenvalue weighted by atomic mass is 10.1. The van der Waals surface area contributed by atoms with Gasteiger partial charge >= 0.3 is 6.09 Å². The van der Waals surface area contributed by atoms with Gasteiger partial charge in [-0.25, -0.2) is 4.79 Å². The summed E-state index contributed by atoms with van der Waals surface area (Å²) in [5.74, 6) is 0.601. The Morgan fingerprint density at radius 1 is 1.19 bits per heavy atom. The Balaban J connectivity index is 1.90. The van der Waals surface area contributed by atoms with Gasteiger partial charge < -0.3 is 20.1 Å². The van der Waals surface area contributed by atoms with Gasteiger partial charge in [0.15, 0.2) is 0 Å². The van der Waals surface area contributed by atoms with E-state index >= 15 is 0 Å². The average molecular weight is 362 g/mol. The van der Waals surface area contributed by atoms with Crippen molar-refractivity contribution in [2.75, 3.05) is 0 Å². The van der Waals surface area contributed by atoms with Gasteiger partial charge in [-0.2, -0.15) is 0 Å². The van der Waals surface area contributed by atoms with Gasteiger partial charge in [0.1, 0.15) is 23.5 Å². The number of ether oxygens (including phenoxy) is 2. The fourth-order valence-electron chi connectivity index (χ4n) is 2.99. The number of nitrogens with one attached hydrogen (secondary N) is 2. The third kappa shape index (κ3) is 6.24. The molecule has 2 N–H and O–H groups in total. The minimum absolute atomic E-state index is 0.0552. The topological polar surface area (TPSA) is 76.7 Å². The summed E-state index contributed by atoms with van der Waals surface area (Å²) in [6, 6.07) is 8.94. The number of alkyl carbamates (subject to hydrolysis) is 1. The van der Waals surface area contributed by atoms with Crippen molar-refractivity contribution in [3.8, 4) is 5.75 Å². The second-order valence-electron chi connectivity index (χ2n) is 7.62. The number of hydrogen-bond donors (Lipinski definition) is 2. The maximum atomic E-state index is 12.6. The van der Waals surface area contributed by atoms with Crippen molar-refractivity contribution < 1.29 is 19.1 Å². The Labute approximate surface area is 155 Å². The van der Waals surface area contributed by atoms with Crippen molar-refractivity contribution in [3.05, 3.63) is 30.3 Å². The average Bonchev–Trinajstić information content (AvgIpc) is 2.98. The molecule has 0 spiro atoms. The quantitative estimate of drug-likeness (QED) is 0.813. The maximum Gasteiger partial charge on any atom is 0.408 e. The smallest absolute Gasteiger partial charge is 0.408 e. The largest absolute Gasteiger partial charge is 0.488 e. The van der Waals surface area contributed by atoms with Crippen molar-refractivity contribution in [2.45, 2.75) is 77.2 Å². The number of amides is 2. The molecule has 1 aromatic carbocycles. The molecule has 2 rings (SSSR count). The first-order valence-corrected chi connectivity index (χ1v) is 9.30. The van der Waals surface area contributed by atoms with Gasteiger partial charge in [0, 0.05) is 0 Å². The third-order valence-corrected chi connectivity index (χ3v) is 4.23. The third-order valence-electron chi connectivity index (χ3n) is 4.23. The predicted octanol–water partition coefficient (Wildman–Crippen LogP) is 3.41. The van der Waals surface area contributed by atoms with E-state index in [4.69, 9.17) is 9.47 Å². The first-order chi connectivity index (χ1) is 12.3. The molecule has 0 radical (unpaired) electrons. The lowest BCUT2D eigenvalue weighted by Gasteiger charge is -2.26. The molecule has 0 saturated heterocycles. The van der Waals surface area contributed by atoms with Crippen LogP contribution in [0.25, 0.3) is 0 Å². The van der Waals surface area contributed by atoms with Crippen LogP contribution in [0.3, 0.4) is 0 Å². The van der Waals surface area contributed by atoms with Crippen molar-refractivity contribution >= 4 is 12.0 Å². The van der Waals surface area contributed by atoms with Crippen LogP contribution in [0.5, 0.6) is 5.75 Å². The van der Waals surface area contributed by atoms with Crippen LogP contribution in [0.4, 0.5) is 4.79 Å². The van der Waals surface area contributed by atoms with E-state index in [1.807, 2.05) is 37.3 Å². The normalized spacial score (nSPS) is 20.9. The molecular formula is C20H30N2O4. The molecule has 0 aliphatic heterocycles. The Hall–Kier alpha value is -2.24. The van der Waals surface area contributed by atoms with E-state index in [2.05, 4.69) is 10.6 Å². The summed E-state index contributed by atoms with van der Waals surface area (Å²) in [4.78, 5) is 24.5. The summed E-state index contributed by atoms with van der Waals surface area (Å²) >= 11 is 0. The van der Waals surface area contributed by atoms with Gasteiger partial charge in [0.2, 0.25) is 5.91 Å². The molecule has 6 heteroatoms. The van der Waals surface area contributed by atoms with Crippen LogP contribution in [0.2, 0.25) is 0 Å². The van der Waals surface area contributed by atoms with Crippen LogP contribution < -0.4 is 15.4 Å². The Bertz CT molecular complexity index is 598. The van der Waals surface area contributed by atoms with E-state index in [0.717, 1.165) is 25.0 Å². The highest BCUT2D eigenvalue weighted by atomic mass is 16.6. The minimum atomic E-state index is -0.622. The molecule has 1 aliphatic rings. The summed E-state index contributed by atoms with van der Waals surface area (Å²) in [5, 5.41) is 5.68. The molecule has 1 aliphatic carbocycles. The molecule has 2 amide bonds. The lowest BCUT2D eigenvalue weighted by Crippen LogP contribution is -2.52. The molecule has 1 aromatic rings. The van der Waals surface area contributed by atoms with E-state index in [1.165, 1.54) is 0 Å². The van der Waals surface area contributed by atoms with Crippen molar-refractivity contribution in [1.29, 1.82) is 0 Å². The second-order valence-corrected chi connectivity index (χ2v) is 7.62. The molecule has 144 valence electrons. The highest BCUT2D eigenvalue weighted by Gasteiger charge is 2.32. The summed E-state index contributed by atoms with van der Waals surface area (Å²) < 4.78 is 11.3. The van der Waals surface area contributed by atoms with Crippen LogP contribution in [-0.4, -0.2) is 35.8 Å². The predicted molar refractivity (Wildman–Crippen MR) is 100 cm³/mol. The number of carbonyl (C=O) groups is 2. The molecular weight excluding hydrogens is 332 g/mol. The standard InChI is InChI=1S/C20H30N2O4/c1-5-15(22-19(24)26-20(2,3)4)18(23)21-16-12-9-13-17(16)25-14-10-7-6-8-11-14/h6-8,10-11,15-17H,5,9,12-13H2,1-4H3,(H,21,23)(H,22,24)/t15-,16+,17+/m1/s1. The van der Waals surface area contributed by atoms with Crippen molar-refractivity contribution in [1.82, 2.24) is 10.6 Å². The zero-order valence-corrected chi connectivity index (χ0v) is 16.1. The van der Waals surface area contributed by atoms with E-state index in [9.17, 15) is 9.59 Å². The molecule has 0 heterocycles. The number of para-hydroxylation sites is 1. The van der Waals surface area contributed by atoms with Gasteiger partial charge in [0.25, 0.3) is 0 Å². The lowest BCUT2D eigenvalue weighted by molar-refractivity contribution is -0.124. The van der Waals surface area contributed by atoms with Crippen LogP contribution >= 0.6 is 0 Å². The molecule has 26 heavy (non-hydrogen) atoms. The summed E-state index contributed by atoms with van der Waals surface area (Å²) in [7, 11) is 0. The first-order valence-electron chi connectivity index (χ1n) is 9.30. The number of carbonyl (C=O) groups excluding carboxylic acids is 2. The van der Waals surface area contributed by atoms with Crippen LogP contribution in [0.15, 0.2) is 30.3 Å². The fraction of sp³-hybridized carbons (Fsp3) is 0.600. The second kappa shape index (κ2) is 8.92. The Morgan fingerprint density at radius 3 is 2.50 bits per heavy atom. The van der Waals surface area contributed by atoms with Gasteiger partial charge in [0.05, 0.1) is 6.04 Å². The fourth-order valence-corrected chi connectivity index (χ4v) is 2.99. The van der Waals surface area contributed by atoms with Gasteiger partial charge in [-0.05, 0) is 58.6 Å². The summed E-state index contributed by atoms with van der Waals surface area (Å²) in [6.07, 6.45) is 2.62. The van der Waals surface area contributed by atoms with Crippen molar-refractivity contribution in [3.63, 3.8) is 0 Å². The van der Waals surface area contributed by atoms with Crippen LogP contribution in [0.1, 0.15) is 53.4 Å². The minimum Gasteiger partial charge on any atom is -0.488 e. The highest BCUT2D eigenvalue weighted by molar-refractivity contribution is 5.85. The first kappa shape index (κ1) is 20.1. The van der Waals surface area contributed by atoms with E-state index in [1.54, 1.807) is 20.8 Å². The summed E-state index contributed by atoms with van der Waals surface area (Å²) in [5.41, 5.74) is -0.598. The molecule has 6 nitrogen and oxygen atoms in total. The zero-order valence-electron chi connectivity index (χ0n) is 16.1. The van der Waals surface area contributed by atoms with Gasteiger partial charge in [-0.1, -0.05) is 25.1 Å². The molecule has 0 aromatic heterocycles. The van der Waals surface area contributed by atoms with Gasteiger partial charge in [-0.3, -0.25) is 4.79 Å². The monoisotopic (exact) mass is 362 g/mol. The SMILES string of the molecule is CC[C@@H](NC(=O)OC(C)(C)C)C(=O)N[C@H]1CCC[C@@H]1Oc1ccccc1. The van der Waals surface area contributed by atoms with E-state index in [0.29, 0.717) is 6.42 Å². The van der Waals surface area contributed by atoms with Crippen LogP contribution in [-0.2, 0) is 9.53 Å². The maximum absolute atomic E-state index is 12.6. The molecule has 1 fully saturated rings. The molecule has 1 saturated carbocycles. The highest BCUT2D eigenvalue weighted by Crippen LogP contribution is 2.24. The van der Waals surface area contributed by atoms with Crippen LogP contribution in [0, 0.1) is 0 Å². The van der Waals surface area contributed by atoms with E-state index < -0.39 is 17.7 Å². The Morgan fingerprint density at radius 2 is 1.88 bits per heavy atom. The van der Waals surface area contributed by atoms with E-state index in [-0.39, 0.29) is 18.1 Å². The molecule has 0 bridgehead atoms. The van der Waals surface area contributed by atoms with Crippen molar-refractivity contribution in [2.24, 2.45) is 0 Å². The number of hydrogen-bond acceptors (Lipinski definition) is 4. The van der Waals surface area contributed by atoms with Gasteiger partial charge in [-0.15, -0.1) is 0 Å². The molecule has 3 atom stereocenters. The summed E-state index contributed by atoms with van der Waals surface area (Å²) in [6.45, 7) is 7.22. The number of benzene rings is 1. The zero-order chi connectivity index (χ0) is 19.2. The molecule has 0 unspecified atom stereocenters.